The van der Waals surface area contributed by atoms with Crippen molar-refractivity contribution in [3.8, 4) is 0 Å². The maximum atomic E-state index is 10.9. The number of carboxylic acid groups (broad SMARTS) is 1. The van der Waals surface area contributed by atoms with Crippen LogP contribution < -0.4 is 0 Å². The van der Waals surface area contributed by atoms with Gasteiger partial charge in [0.2, 0.25) is 0 Å². The van der Waals surface area contributed by atoms with Crippen LogP contribution in [-0.4, -0.2) is 41.4 Å². The van der Waals surface area contributed by atoms with Gasteiger partial charge >= 0.3 is 5.97 Å². The lowest BCUT2D eigenvalue weighted by Gasteiger charge is -2.04. The molecule has 6 heteroatoms. The number of carboxylic acids is 1. The quantitative estimate of drug-likeness (QED) is 0.672. The molecule has 15 heavy (non-hydrogen) atoms. The normalized spacial score (nSPS) is 10.6. The lowest BCUT2D eigenvalue weighted by molar-refractivity contribution is 0.0697. The lowest BCUT2D eigenvalue weighted by atomic mass is 10.2. The van der Waals surface area contributed by atoms with Gasteiger partial charge in [0.25, 0.3) is 0 Å². The maximum Gasteiger partial charge on any atom is 0.339 e. The number of halogens is 1. The molecule has 5 nitrogen and oxygen atoms in total. The summed E-state index contributed by atoms with van der Waals surface area (Å²) >= 11 is 3.16. The number of aromatic carboxylic acids is 1. The van der Waals surface area contributed by atoms with Crippen LogP contribution in [0, 0.1) is 0 Å². The molecule has 1 heterocycles. The Labute approximate surface area is 95.6 Å². The van der Waals surface area contributed by atoms with Crippen molar-refractivity contribution in [1.29, 1.82) is 0 Å². The van der Waals surface area contributed by atoms with Crippen LogP contribution in [0.15, 0.2) is 21.7 Å². The van der Waals surface area contributed by atoms with E-state index in [0.29, 0.717) is 4.47 Å². The topological polar surface area (TPSA) is 65.8 Å². The molecule has 0 bridgehead atoms. The molecule has 1 rings (SSSR count). The van der Waals surface area contributed by atoms with E-state index >= 15 is 0 Å². The number of aromatic nitrogens is 1. The summed E-state index contributed by atoms with van der Waals surface area (Å²) in [5.74, 6) is -0.853. The molecule has 1 N–H and O–H groups in total. The summed E-state index contributed by atoms with van der Waals surface area (Å²) in [5.41, 5.74) is 0.0717. The monoisotopic (exact) mass is 271 g/mol. The molecule has 0 amide bonds. The van der Waals surface area contributed by atoms with Gasteiger partial charge in [-0.3, -0.25) is 0 Å². The Morgan fingerprint density at radius 1 is 1.67 bits per heavy atom. The van der Waals surface area contributed by atoms with Crippen molar-refractivity contribution < 1.29 is 9.90 Å². The van der Waals surface area contributed by atoms with Crippen molar-refractivity contribution in [3.05, 3.63) is 22.3 Å². The summed E-state index contributed by atoms with van der Waals surface area (Å²) in [6, 6.07) is 1.47. The van der Waals surface area contributed by atoms with Crippen molar-refractivity contribution >= 4 is 34.1 Å². The number of aliphatic imine (C=N–C) groups is 1. The molecule has 1 aromatic rings. The minimum absolute atomic E-state index is 0.0717. The van der Waals surface area contributed by atoms with Crippen LogP contribution >= 0.6 is 15.9 Å². The van der Waals surface area contributed by atoms with Gasteiger partial charge in [0, 0.05) is 24.8 Å². The first-order valence-corrected chi connectivity index (χ1v) is 4.89. The molecule has 0 aliphatic carbocycles. The zero-order chi connectivity index (χ0) is 11.4. The van der Waals surface area contributed by atoms with E-state index in [9.17, 15) is 4.79 Å². The highest BCUT2D eigenvalue weighted by Gasteiger charge is 2.10. The standard InChI is InChI=1S/C9H10BrN3O2/c1-13(2)5-12-8-7(9(14)15)3-6(10)4-11-8/h3-5H,1-2H3,(H,14,15). The Bertz CT molecular complexity index is 404. The smallest absolute Gasteiger partial charge is 0.339 e. The van der Waals surface area contributed by atoms with Crippen LogP contribution in [0.25, 0.3) is 0 Å². The summed E-state index contributed by atoms with van der Waals surface area (Å²) in [6.45, 7) is 0. The number of nitrogens with zero attached hydrogens (tertiary/aromatic N) is 3. The molecule has 0 saturated carbocycles. The molecule has 0 aliphatic heterocycles. The third-order valence-electron chi connectivity index (χ3n) is 1.47. The van der Waals surface area contributed by atoms with Gasteiger partial charge in [0.1, 0.15) is 5.56 Å². The van der Waals surface area contributed by atoms with Gasteiger partial charge in [-0.25, -0.2) is 14.8 Å². The van der Waals surface area contributed by atoms with Gasteiger partial charge in [-0.1, -0.05) is 0 Å². The van der Waals surface area contributed by atoms with Gasteiger partial charge in [0.05, 0.1) is 6.34 Å². The van der Waals surface area contributed by atoms with Gasteiger partial charge in [-0.15, -0.1) is 0 Å². The van der Waals surface area contributed by atoms with Crippen LogP contribution in [0.2, 0.25) is 0 Å². The molecule has 0 spiro atoms. The first-order chi connectivity index (χ1) is 7.00. The molecule has 0 saturated heterocycles. The van der Waals surface area contributed by atoms with E-state index in [2.05, 4.69) is 25.9 Å². The van der Waals surface area contributed by atoms with E-state index in [-0.39, 0.29) is 11.4 Å². The third-order valence-corrected chi connectivity index (χ3v) is 1.91. The van der Waals surface area contributed by atoms with E-state index in [0.717, 1.165) is 0 Å². The van der Waals surface area contributed by atoms with Gasteiger partial charge in [0.15, 0.2) is 5.82 Å². The summed E-state index contributed by atoms with van der Waals surface area (Å²) in [6.07, 6.45) is 3.01. The second kappa shape index (κ2) is 4.88. The van der Waals surface area contributed by atoms with E-state index < -0.39 is 5.97 Å². The van der Waals surface area contributed by atoms with Gasteiger partial charge in [-0.05, 0) is 22.0 Å². The van der Waals surface area contributed by atoms with Crippen LogP contribution in [0.1, 0.15) is 10.4 Å². The van der Waals surface area contributed by atoms with E-state index in [1.807, 2.05) is 0 Å². The Morgan fingerprint density at radius 2 is 2.33 bits per heavy atom. The second-order valence-corrected chi connectivity index (χ2v) is 3.95. The zero-order valence-electron chi connectivity index (χ0n) is 8.31. The highest BCUT2D eigenvalue weighted by molar-refractivity contribution is 9.10. The van der Waals surface area contributed by atoms with Gasteiger partial charge in [-0.2, -0.15) is 0 Å². The van der Waals surface area contributed by atoms with Crippen molar-refractivity contribution in [2.45, 2.75) is 0 Å². The molecule has 0 aliphatic rings. The fourth-order valence-electron chi connectivity index (χ4n) is 0.862. The molecule has 0 unspecified atom stereocenters. The van der Waals surface area contributed by atoms with Crippen LogP contribution in [0.3, 0.4) is 0 Å². The molecule has 0 fully saturated rings. The highest BCUT2D eigenvalue weighted by atomic mass is 79.9. The second-order valence-electron chi connectivity index (χ2n) is 3.04. The van der Waals surface area contributed by atoms with Crippen molar-refractivity contribution in [2.75, 3.05) is 14.1 Å². The fraction of sp³-hybridized carbons (Fsp3) is 0.222. The minimum atomic E-state index is -1.05. The van der Waals surface area contributed by atoms with Crippen molar-refractivity contribution in [1.82, 2.24) is 9.88 Å². The summed E-state index contributed by atoms with van der Waals surface area (Å²) in [4.78, 5) is 20.4. The molecule has 1 aromatic heterocycles. The number of rotatable bonds is 3. The Kier molecular flexibility index (Phi) is 3.79. The summed E-state index contributed by atoms with van der Waals surface area (Å²) < 4.78 is 0.615. The maximum absolute atomic E-state index is 10.9. The molecular formula is C9H10BrN3O2. The zero-order valence-corrected chi connectivity index (χ0v) is 9.89. The highest BCUT2D eigenvalue weighted by Crippen LogP contribution is 2.19. The third kappa shape index (κ3) is 3.32. The minimum Gasteiger partial charge on any atom is -0.478 e. The largest absolute Gasteiger partial charge is 0.478 e. The molecule has 0 aromatic carbocycles. The van der Waals surface area contributed by atoms with Gasteiger partial charge < -0.3 is 10.0 Å². The van der Waals surface area contributed by atoms with E-state index in [4.69, 9.17) is 5.11 Å². The first-order valence-electron chi connectivity index (χ1n) is 4.10. The Morgan fingerprint density at radius 3 is 2.87 bits per heavy atom. The number of hydrogen-bond acceptors (Lipinski definition) is 3. The van der Waals surface area contributed by atoms with Crippen LogP contribution in [-0.2, 0) is 0 Å². The Balaban J connectivity index is 3.12. The fourth-order valence-corrected chi connectivity index (χ4v) is 1.19. The number of pyridine rings is 1. The average Bonchev–Trinajstić information content (AvgIpc) is 2.15. The predicted octanol–water partition coefficient (Wildman–Crippen LogP) is 1.76. The first kappa shape index (κ1) is 11.6. The molecule has 0 atom stereocenters. The average molecular weight is 272 g/mol. The predicted molar refractivity (Wildman–Crippen MR) is 60.7 cm³/mol. The SMILES string of the molecule is CN(C)C=Nc1ncc(Br)cc1C(=O)O. The van der Waals surface area contributed by atoms with Crippen molar-refractivity contribution in [2.24, 2.45) is 4.99 Å². The van der Waals surface area contributed by atoms with Crippen LogP contribution in [0.5, 0.6) is 0 Å². The summed E-state index contributed by atoms with van der Waals surface area (Å²) in [5, 5.41) is 8.91. The van der Waals surface area contributed by atoms with Crippen molar-refractivity contribution in [3.63, 3.8) is 0 Å². The molecular weight excluding hydrogens is 262 g/mol. The number of hydrogen-bond donors (Lipinski definition) is 1. The Hall–Kier alpha value is -1.43. The molecule has 80 valence electrons. The lowest BCUT2D eigenvalue weighted by Crippen LogP contribution is -2.08. The number of carbonyl (C=O) groups is 1. The van der Waals surface area contributed by atoms with Crippen LogP contribution in [0.4, 0.5) is 5.82 Å². The van der Waals surface area contributed by atoms with E-state index in [1.165, 1.54) is 18.6 Å². The summed E-state index contributed by atoms with van der Waals surface area (Å²) in [7, 11) is 3.59. The molecule has 0 radical (unpaired) electrons. The van der Waals surface area contributed by atoms with E-state index in [1.54, 1.807) is 19.0 Å².